The SMILES string of the molecule is Cc1cccn2c(=O)c(/C=C3/SC(=S)N(c4c(C)n(C)n(-c5ccccc5)c4=O)C3=O)c(Oc3ccccc3F)nc12. The number of carbonyl (C=O) groups is 1. The number of para-hydroxylation sites is 2. The molecule has 0 radical (unpaired) electrons. The van der Waals surface area contributed by atoms with Crippen molar-refractivity contribution in [3.8, 4) is 17.3 Å². The summed E-state index contributed by atoms with van der Waals surface area (Å²) < 4.78 is 24.9. The van der Waals surface area contributed by atoms with Crippen LogP contribution in [0.25, 0.3) is 17.4 Å². The molecule has 0 aliphatic carbocycles. The number of pyridine rings is 1. The van der Waals surface area contributed by atoms with Gasteiger partial charge in [-0.1, -0.05) is 60.4 Å². The van der Waals surface area contributed by atoms with Crippen LogP contribution >= 0.6 is 24.0 Å². The largest absolute Gasteiger partial charge is 0.435 e. The first-order valence-electron chi connectivity index (χ1n) is 12.7. The van der Waals surface area contributed by atoms with Crippen molar-refractivity contribution >= 4 is 51.6 Å². The molecule has 0 atom stereocenters. The van der Waals surface area contributed by atoms with E-state index in [4.69, 9.17) is 17.0 Å². The van der Waals surface area contributed by atoms with Gasteiger partial charge < -0.3 is 4.74 Å². The van der Waals surface area contributed by atoms with Gasteiger partial charge in [-0.2, -0.15) is 4.98 Å². The van der Waals surface area contributed by atoms with Crippen LogP contribution in [0.3, 0.4) is 0 Å². The second-order valence-electron chi connectivity index (χ2n) is 9.48. The van der Waals surface area contributed by atoms with E-state index >= 15 is 0 Å². The van der Waals surface area contributed by atoms with Gasteiger partial charge >= 0.3 is 0 Å². The molecule has 0 saturated carbocycles. The number of carbonyl (C=O) groups excluding carboxylic acids is 1. The molecule has 0 bridgehead atoms. The first-order valence-corrected chi connectivity index (χ1v) is 14.0. The number of hydrogen-bond acceptors (Lipinski definition) is 7. The number of anilines is 1. The van der Waals surface area contributed by atoms with Gasteiger partial charge in [0, 0.05) is 13.2 Å². The van der Waals surface area contributed by atoms with E-state index in [-0.39, 0.29) is 32.1 Å². The van der Waals surface area contributed by atoms with Crippen molar-refractivity contribution in [2.24, 2.45) is 7.05 Å². The number of aromatic nitrogens is 4. The average molecular weight is 600 g/mol. The number of thioether (sulfide) groups is 1. The molecule has 2 aromatic carbocycles. The van der Waals surface area contributed by atoms with Crippen molar-refractivity contribution in [1.82, 2.24) is 18.7 Å². The summed E-state index contributed by atoms with van der Waals surface area (Å²) in [6.45, 7) is 3.50. The second kappa shape index (κ2) is 10.5. The van der Waals surface area contributed by atoms with E-state index in [1.807, 2.05) is 18.2 Å². The van der Waals surface area contributed by atoms with Crippen LogP contribution in [0.4, 0.5) is 10.1 Å². The Balaban J connectivity index is 1.49. The van der Waals surface area contributed by atoms with Crippen LogP contribution in [0.5, 0.6) is 11.6 Å². The molecule has 0 N–H and O–H groups in total. The maximum atomic E-state index is 14.5. The molecule has 0 unspecified atom stereocenters. The number of fused-ring (bicyclic) bond motifs is 1. The molecule has 1 fully saturated rings. The molecule has 3 aromatic heterocycles. The number of ether oxygens (including phenoxy) is 1. The maximum Gasteiger partial charge on any atom is 0.296 e. The lowest BCUT2D eigenvalue weighted by Crippen LogP contribution is -2.33. The maximum absolute atomic E-state index is 14.5. The summed E-state index contributed by atoms with van der Waals surface area (Å²) in [5, 5.41) is 0. The standard InChI is InChI=1S/C30H22FN5O4S2/c1-17-10-9-15-34-25(17)32-26(40-22-14-8-7-13-21(22)31)20(27(34)37)16-23-28(38)35(30(41)42-23)24-18(2)33(3)36(29(24)39)19-11-5-4-6-12-19/h4-16H,1-3H3/b23-16+. The van der Waals surface area contributed by atoms with Crippen LogP contribution in [0.1, 0.15) is 16.8 Å². The summed E-state index contributed by atoms with van der Waals surface area (Å²) in [6.07, 6.45) is 2.88. The van der Waals surface area contributed by atoms with Crippen LogP contribution in [0.2, 0.25) is 0 Å². The quantitative estimate of drug-likeness (QED) is 0.204. The predicted octanol–water partition coefficient (Wildman–Crippen LogP) is 5.14. The van der Waals surface area contributed by atoms with Crippen molar-refractivity contribution in [3.05, 3.63) is 121 Å². The lowest BCUT2D eigenvalue weighted by molar-refractivity contribution is -0.113. The molecular weight excluding hydrogens is 577 g/mol. The second-order valence-corrected chi connectivity index (χ2v) is 11.2. The highest BCUT2D eigenvalue weighted by Gasteiger charge is 2.38. The molecule has 6 rings (SSSR count). The van der Waals surface area contributed by atoms with Gasteiger partial charge in [-0.05, 0) is 55.8 Å². The minimum atomic E-state index is -0.643. The van der Waals surface area contributed by atoms with E-state index in [1.54, 1.807) is 62.1 Å². The highest BCUT2D eigenvalue weighted by atomic mass is 32.2. The Kier molecular flexibility index (Phi) is 6.87. The average Bonchev–Trinajstić information content (AvgIpc) is 3.37. The van der Waals surface area contributed by atoms with E-state index in [0.717, 1.165) is 11.8 Å². The zero-order chi connectivity index (χ0) is 29.7. The smallest absolute Gasteiger partial charge is 0.296 e. The van der Waals surface area contributed by atoms with Crippen LogP contribution in [0.15, 0.2) is 87.4 Å². The molecule has 1 aliphatic rings. The number of rotatable bonds is 5. The predicted molar refractivity (Wildman–Crippen MR) is 164 cm³/mol. The van der Waals surface area contributed by atoms with Gasteiger partial charge in [-0.25, -0.2) is 9.07 Å². The van der Waals surface area contributed by atoms with Gasteiger partial charge in [0.1, 0.15) is 16.9 Å². The normalized spacial score (nSPS) is 14.4. The minimum absolute atomic E-state index is 0.0756. The van der Waals surface area contributed by atoms with Crippen molar-refractivity contribution in [1.29, 1.82) is 0 Å². The molecule has 5 aromatic rings. The molecule has 1 aliphatic heterocycles. The van der Waals surface area contributed by atoms with Crippen LogP contribution in [0, 0.1) is 19.7 Å². The Morgan fingerprint density at radius 1 is 0.952 bits per heavy atom. The van der Waals surface area contributed by atoms with Gasteiger partial charge in [0.05, 0.1) is 16.3 Å². The molecule has 4 heterocycles. The van der Waals surface area contributed by atoms with E-state index in [9.17, 15) is 18.8 Å². The molecule has 12 heteroatoms. The highest BCUT2D eigenvalue weighted by Crippen LogP contribution is 2.37. The molecule has 9 nitrogen and oxygen atoms in total. The molecule has 42 heavy (non-hydrogen) atoms. The Morgan fingerprint density at radius 3 is 2.40 bits per heavy atom. The van der Waals surface area contributed by atoms with Crippen molar-refractivity contribution in [2.75, 3.05) is 4.90 Å². The first-order chi connectivity index (χ1) is 20.2. The number of nitrogens with zero attached hydrogens (tertiary/aromatic N) is 5. The number of benzene rings is 2. The first kappa shape index (κ1) is 27.4. The summed E-state index contributed by atoms with van der Waals surface area (Å²) in [5.74, 6) is -1.53. The van der Waals surface area contributed by atoms with Gasteiger partial charge in [0.25, 0.3) is 17.0 Å². The zero-order valence-electron chi connectivity index (χ0n) is 22.6. The Morgan fingerprint density at radius 2 is 1.67 bits per heavy atom. The Bertz CT molecular complexity index is 2080. The third kappa shape index (κ3) is 4.45. The van der Waals surface area contributed by atoms with Gasteiger partial charge in [-0.15, -0.1) is 0 Å². The number of aryl methyl sites for hydroxylation is 1. The molecular formula is C30H22FN5O4S2. The van der Waals surface area contributed by atoms with Crippen LogP contribution < -0.4 is 20.8 Å². The van der Waals surface area contributed by atoms with Crippen molar-refractivity contribution in [2.45, 2.75) is 13.8 Å². The van der Waals surface area contributed by atoms with Crippen molar-refractivity contribution in [3.63, 3.8) is 0 Å². The fraction of sp³-hybridized carbons (Fsp3) is 0.100. The summed E-state index contributed by atoms with van der Waals surface area (Å²) in [7, 11) is 1.72. The van der Waals surface area contributed by atoms with Gasteiger partial charge in [0.15, 0.2) is 15.9 Å². The number of thiocarbonyl (C=S) groups is 1. The fourth-order valence-electron chi connectivity index (χ4n) is 4.73. The topological polar surface area (TPSA) is 90.8 Å². The fourth-order valence-corrected chi connectivity index (χ4v) is 5.98. The minimum Gasteiger partial charge on any atom is -0.435 e. The Hall–Kier alpha value is -4.81. The summed E-state index contributed by atoms with van der Waals surface area (Å²) in [5.41, 5.74) is 1.24. The van der Waals surface area contributed by atoms with Crippen LogP contribution in [-0.2, 0) is 11.8 Å². The lowest BCUT2D eigenvalue weighted by Gasteiger charge is -2.13. The molecule has 1 amide bonds. The third-order valence-corrected chi connectivity index (χ3v) is 8.21. The molecule has 0 spiro atoms. The summed E-state index contributed by atoms with van der Waals surface area (Å²) >= 11 is 6.49. The monoisotopic (exact) mass is 599 g/mol. The Labute approximate surface area is 248 Å². The third-order valence-electron chi connectivity index (χ3n) is 6.91. The molecule has 1 saturated heterocycles. The van der Waals surface area contributed by atoms with Gasteiger partial charge in [0.2, 0.25) is 5.88 Å². The summed E-state index contributed by atoms with van der Waals surface area (Å²) in [6, 6.07) is 18.3. The molecule has 210 valence electrons. The lowest BCUT2D eigenvalue weighted by atomic mass is 10.2. The van der Waals surface area contributed by atoms with Gasteiger partial charge in [-0.3, -0.25) is 28.4 Å². The van der Waals surface area contributed by atoms with Crippen LogP contribution in [-0.4, -0.2) is 29.0 Å². The van der Waals surface area contributed by atoms with E-state index in [1.165, 1.54) is 38.3 Å². The zero-order valence-corrected chi connectivity index (χ0v) is 24.2. The number of hydrogen-bond donors (Lipinski definition) is 0. The number of halogens is 1. The van der Waals surface area contributed by atoms with E-state index < -0.39 is 22.8 Å². The van der Waals surface area contributed by atoms with E-state index in [2.05, 4.69) is 4.98 Å². The highest BCUT2D eigenvalue weighted by molar-refractivity contribution is 8.27. The number of amides is 1. The van der Waals surface area contributed by atoms with E-state index in [0.29, 0.717) is 22.6 Å². The van der Waals surface area contributed by atoms with Crippen molar-refractivity contribution < 1.29 is 13.9 Å². The summed E-state index contributed by atoms with van der Waals surface area (Å²) in [4.78, 5) is 46.9.